The Hall–Kier alpha value is -1.58. The molecule has 0 aliphatic carbocycles. The van der Waals surface area contributed by atoms with Crippen LogP contribution in [0, 0.1) is 12.7 Å². The van der Waals surface area contributed by atoms with Crippen molar-refractivity contribution in [3.63, 3.8) is 0 Å². The zero-order valence-electron chi connectivity index (χ0n) is 12.2. The van der Waals surface area contributed by atoms with E-state index in [1.165, 1.54) is 17.4 Å². The van der Waals surface area contributed by atoms with Crippen molar-refractivity contribution in [2.45, 2.75) is 19.4 Å². The van der Waals surface area contributed by atoms with Gasteiger partial charge >= 0.3 is 0 Å². The molecule has 0 saturated heterocycles. The maximum Gasteiger partial charge on any atom is 0.138 e. The summed E-state index contributed by atoms with van der Waals surface area (Å²) < 4.78 is 21.0. The van der Waals surface area contributed by atoms with Gasteiger partial charge in [0.25, 0.3) is 0 Å². The minimum atomic E-state index is -0.199. The van der Waals surface area contributed by atoms with Gasteiger partial charge in [-0.1, -0.05) is 30.3 Å². The van der Waals surface area contributed by atoms with Gasteiger partial charge in [0.15, 0.2) is 0 Å². The molecule has 1 atom stereocenters. The average Bonchev–Trinajstić information content (AvgIpc) is 2.93. The Bertz CT molecular complexity index is 769. The highest BCUT2D eigenvalue weighted by molar-refractivity contribution is 7.17. The van der Waals surface area contributed by atoms with Gasteiger partial charge in [0, 0.05) is 17.7 Å². The molecule has 2 aromatic carbocycles. The van der Waals surface area contributed by atoms with Crippen molar-refractivity contribution in [3.8, 4) is 5.75 Å². The summed E-state index contributed by atoms with van der Waals surface area (Å²) >= 11 is 7.43. The lowest BCUT2D eigenvalue weighted by molar-refractivity contribution is 0.205. The van der Waals surface area contributed by atoms with E-state index in [4.69, 9.17) is 16.3 Å². The fourth-order valence-corrected chi connectivity index (χ4v) is 3.76. The standard InChI is InChI=1S/C18H16ClFOS/c1-12-11-22-18-16(8-7-14(20)17(12)18)21-15(9-10-19)13-5-3-2-4-6-13/h2-8,11,15H,9-10H2,1H3/t15-/m1/s1. The first kappa shape index (κ1) is 15.3. The molecule has 114 valence electrons. The van der Waals surface area contributed by atoms with Crippen LogP contribution >= 0.6 is 22.9 Å². The monoisotopic (exact) mass is 334 g/mol. The van der Waals surface area contributed by atoms with Crippen LogP contribution in [0.5, 0.6) is 5.75 Å². The van der Waals surface area contributed by atoms with Crippen molar-refractivity contribution in [3.05, 3.63) is 64.8 Å². The van der Waals surface area contributed by atoms with E-state index in [-0.39, 0.29) is 11.9 Å². The van der Waals surface area contributed by atoms with E-state index in [0.717, 1.165) is 15.8 Å². The maximum atomic E-state index is 14.0. The molecule has 0 fully saturated rings. The van der Waals surface area contributed by atoms with Gasteiger partial charge in [0.1, 0.15) is 17.7 Å². The molecule has 4 heteroatoms. The second-order valence-corrected chi connectivity index (χ2v) is 6.42. The summed E-state index contributed by atoms with van der Waals surface area (Å²) in [5.41, 5.74) is 2.02. The molecule has 0 radical (unpaired) electrons. The second kappa shape index (κ2) is 6.67. The number of benzene rings is 2. The second-order valence-electron chi connectivity index (χ2n) is 5.16. The molecule has 0 amide bonds. The van der Waals surface area contributed by atoms with Gasteiger partial charge in [0.2, 0.25) is 0 Å². The van der Waals surface area contributed by atoms with Crippen LogP contribution in [0.4, 0.5) is 4.39 Å². The predicted octanol–water partition coefficient (Wildman–Crippen LogP) is 6.10. The molecule has 3 rings (SSSR count). The van der Waals surface area contributed by atoms with Crippen molar-refractivity contribution in [1.82, 2.24) is 0 Å². The van der Waals surface area contributed by atoms with Gasteiger partial charge < -0.3 is 4.74 Å². The molecule has 3 aromatic rings. The minimum Gasteiger partial charge on any atom is -0.484 e. The third-order valence-electron chi connectivity index (χ3n) is 3.63. The van der Waals surface area contributed by atoms with Crippen molar-refractivity contribution in [2.24, 2.45) is 0 Å². The van der Waals surface area contributed by atoms with E-state index in [1.54, 1.807) is 6.07 Å². The first-order chi connectivity index (χ1) is 10.7. The Morgan fingerprint density at radius 2 is 1.95 bits per heavy atom. The number of hydrogen-bond acceptors (Lipinski definition) is 2. The molecule has 0 aliphatic rings. The lowest BCUT2D eigenvalue weighted by atomic mass is 10.1. The third-order valence-corrected chi connectivity index (χ3v) is 4.96. The van der Waals surface area contributed by atoms with Crippen LogP contribution in [0.1, 0.15) is 23.7 Å². The largest absolute Gasteiger partial charge is 0.484 e. The molecule has 1 heterocycles. The summed E-state index contributed by atoms with van der Waals surface area (Å²) in [5.74, 6) is 1.02. The van der Waals surface area contributed by atoms with Gasteiger partial charge in [-0.3, -0.25) is 0 Å². The van der Waals surface area contributed by atoms with Crippen molar-refractivity contribution < 1.29 is 9.13 Å². The number of alkyl halides is 1. The zero-order valence-corrected chi connectivity index (χ0v) is 13.8. The molecule has 0 N–H and O–H groups in total. The molecule has 0 bridgehead atoms. The highest BCUT2D eigenvalue weighted by Crippen LogP contribution is 2.38. The summed E-state index contributed by atoms with van der Waals surface area (Å²) in [6, 6.07) is 13.2. The molecule has 0 saturated carbocycles. The van der Waals surface area contributed by atoms with E-state index in [2.05, 4.69) is 0 Å². The number of aryl methyl sites for hydroxylation is 1. The molecular weight excluding hydrogens is 319 g/mol. The highest BCUT2D eigenvalue weighted by Gasteiger charge is 2.17. The summed E-state index contributed by atoms with van der Waals surface area (Å²) in [7, 11) is 0. The lowest BCUT2D eigenvalue weighted by Crippen LogP contribution is -2.08. The lowest BCUT2D eigenvalue weighted by Gasteiger charge is -2.19. The Balaban J connectivity index is 1.98. The highest BCUT2D eigenvalue weighted by atomic mass is 35.5. The number of hydrogen-bond donors (Lipinski definition) is 0. The molecule has 0 spiro atoms. The van der Waals surface area contributed by atoms with Gasteiger partial charge in [0.05, 0.1) is 4.70 Å². The van der Waals surface area contributed by atoms with Crippen LogP contribution in [0.2, 0.25) is 0 Å². The molecular formula is C18H16ClFOS. The van der Waals surface area contributed by atoms with Crippen LogP contribution < -0.4 is 4.74 Å². The fourth-order valence-electron chi connectivity index (χ4n) is 2.54. The number of halogens is 2. The topological polar surface area (TPSA) is 9.23 Å². The van der Waals surface area contributed by atoms with E-state index in [0.29, 0.717) is 23.4 Å². The zero-order chi connectivity index (χ0) is 15.5. The molecule has 22 heavy (non-hydrogen) atoms. The third kappa shape index (κ3) is 2.96. The maximum absolute atomic E-state index is 14.0. The SMILES string of the molecule is Cc1csc2c(O[C@H](CCCl)c3ccccc3)ccc(F)c12. The van der Waals surface area contributed by atoms with Gasteiger partial charge in [-0.15, -0.1) is 22.9 Å². The molecule has 0 aliphatic heterocycles. The van der Waals surface area contributed by atoms with Gasteiger partial charge in [-0.25, -0.2) is 4.39 Å². The van der Waals surface area contributed by atoms with Gasteiger partial charge in [-0.05, 0) is 35.6 Å². The summed E-state index contributed by atoms with van der Waals surface area (Å²) in [6.45, 7) is 1.92. The number of rotatable bonds is 5. The van der Waals surface area contributed by atoms with E-state index < -0.39 is 0 Å². The number of fused-ring (bicyclic) bond motifs is 1. The van der Waals surface area contributed by atoms with Crippen LogP contribution in [0.25, 0.3) is 10.1 Å². The quantitative estimate of drug-likeness (QED) is 0.512. The van der Waals surface area contributed by atoms with Crippen molar-refractivity contribution >= 4 is 33.0 Å². The van der Waals surface area contributed by atoms with Crippen molar-refractivity contribution in [1.29, 1.82) is 0 Å². The predicted molar refractivity (Wildman–Crippen MR) is 91.7 cm³/mol. The summed E-state index contributed by atoms with van der Waals surface area (Å²) in [5, 5.41) is 2.61. The molecule has 0 unspecified atom stereocenters. The Morgan fingerprint density at radius 3 is 2.68 bits per heavy atom. The molecule has 1 nitrogen and oxygen atoms in total. The number of thiophene rings is 1. The number of ether oxygens (including phenoxy) is 1. The van der Waals surface area contributed by atoms with Crippen molar-refractivity contribution in [2.75, 3.05) is 5.88 Å². The molecule has 1 aromatic heterocycles. The summed E-state index contributed by atoms with van der Waals surface area (Å²) in [4.78, 5) is 0. The van der Waals surface area contributed by atoms with Crippen LogP contribution in [0.15, 0.2) is 47.8 Å². The minimum absolute atomic E-state index is 0.130. The Morgan fingerprint density at radius 1 is 1.18 bits per heavy atom. The van der Waals surface area contributed by atoms with Gasteiger partial charge in [-0.2, -0.15) is 0 Å². The Labute approximate surface area is 138 Å². The van der Waals surface area contributed by atoms with Crippen LogP contribution in [-0.4, -0.2) is 5.88 Å². The average molecular weight is 335 g/mol. The fraction of sp³-hybridized carbons (Fsp3) is 0.222. The Kier molecular flexibility index (Phi) is 4.65. The van der Waals surface area contributed by atoms with E-state index in [1.807, 2.05) is 42.6 Å². The first-order valence-corrected chi connectivity index (χ1v) is 8.56. The van der Waals surface area contributed by atoms with Crippen LogP contribution in [-0.2, 0) is 0 Å². The normalized spacial score (nSPS) is 12.5. The van der Waals surface area contributed by atoms with E-state index >= 15 is 0 Å². The van der Waals surface area contributed by atoms with E-state index in [9.17, 15) is 4.39 Å². The first-order valence-electron chi connectivity index (χ1n) is 7.14. The summed E-state index contributed by atoms with van der Waals surface area (Å²) in [6.07, 6.45) is 0.573. The van der Waals surface area contributed by atoms with Crippen LogP contribution in [0.3, 0.4) is 0 Å². The smallest absolute Gasteiger partial charge is 0.138 e.